The summed E-state index contributed by atoms with van der Waals surface area (Å²) in [5, 5.41) is 4.63. The van der Waals surface area contributed by atoms with Crippen molar-refractivity contribution >= 4 is 5.91 Å². The predicted molar refractivity (Wildman–Crippen MR) is 41.4 cm³/mol. The van der Waals surface area contributed by atoms with E-state index in [1.807, 2.05) is 0 Å². The first kappa shape index (κ1) is 11.3. The molecule has 4 nitrogen and oxygen atoms in total. The standard InChI is InChI=1S/C7H11F3N2O2/c1-4-11-2-5(14-4)3-12-6(13)7(8,9)10/h4-5,11H,2-3H2,1H3,(H,12,13)/t4-,5+/m0/s1. The molecule has 0 bridgehead atoms. The van der Waals surface area contributed by atoms with Crippen molar-refractivity contribution < 1.29 is 22.7 Å². The Bertz CT molecular complexity index is 219. The lowest BCUT2D eigenvalue weighted by atomic mass is 10.3. The molecule has 0 saturated carbocycles. The molecule has 0 radical (unpaired) electrons. The van der Waals surface area contributed by atoms with Gasteiger partial charge in [-0.15, -0.1) is 0 Å². The van der Waals surface area contributed by atoms with Crippen molar-refractivity contribution in [3.8, 4) is 0 Å². The number of rotatable bonds is 2. The van der Waals surface area contributed by atoms with E-state index in [0.717, 1.165) is 0 Å². The van der Waals surface area contributed by atoms with Gasteiger partial charge in [0.2, 0.25) is 0 Å². The third kappa shape index (κ3) is 3.15. The van der Waals surface area contributed by atoms with Crippen LogP contribution in [-0.4, -0.2) is 37.5 Å². The van der Waals surface area contributed by atoms with E-state index in [9.17, 15) is 18.0 Å². The summed E-state index contributed by atoms with van der Waals surface area (Å²) in [6.07, 6.45) is -5.39. The first-order chi connectivity index (χ1) is 6.39. The third-order valence-electron chi connectivity index (χ3n) is 1.78. The minimum absolute atomic E-state index is 0.129. The molecule has 1 heterocycles. The van der Waals surface area contributed by atoms with Crippen LogP contribution in [0.25, 0.3) is 0 Å². The van der Waals surface area contributed by atoms with Crippen LogP contribution in [0.15, 0.2) is 0 Å². The molecule has 0 aromatic rings. The first-order valence-electron chi connectivity index (χ1n) is 4.13. The third-order valence-corrected chi connectivity index (χ3v) is 1.78. The fourth-order valence-corrected chi connectivity index (χ4v) is 1.11. The molecule has 0 unspecified atom stereocenters. The summed E-state index contributed by atoms with van der Waals surface area (Å²) < 4.78 is 40.3. The molecule has 1 amide bonds. The van der Waals surface area contributed by atoms with Crippen molar-refractivity contribution in [2.75, 3.05) is 13.1 Å². The van der Waals surface area contributed by atoms with Gasteiger partial charge in [-0.2, -0.15) is 13.2 Å². The number of alkyl halides is 3. The zero-order valence-corrected chi connectivity index (χ0v) is 7.52. The van der Waals surface area contributed by atoms with E-state index in [1.54, 1.807) is 12.2 Å². The van der Waals surface area contributed by atoms with Gasteiger partial charge in [-0.3, -0.25) is 10.1 Å². The summed E-state index contributed by atoms with van der Waals surface area (Å²) in [5.74, 6) is -1.93. The van der Waals surface area contributed by atoms with Gasteiger partial charge in [0.1, 0.15) is 6.23 Å². The summed E-state index contributed by atoms with van der Waals surface area (Å²) in [5.41, 5.74) is 0. The number of halogens is 3. The SMILES string of the molecule is C[C@H]1NC[C@H](CNC(=O)C(F)(F)F)O1. The molecule has 7 heteroatoms. The Morgan fingerprint density at radius 3 is 2.71 bits per heavy atom. The first-order valence-corrected chi connectivity index (χ1v) is 4.13. The fraction of sp³-hybridized carbons (Fsp3) is 0.857. The zero-order valence-electron chi connectivity index (χ0n) is 7.52. The van der Waals surface area contributed by atoms with Crippen LogP contribution < -0.4 is 10.6 Å². The van der Waals surface area contributed by atoms with Crippen LogP contribution in [0.3, 0.4) is 0 Å². The molecule has 0 aromatic carbocycles. The lowest BCUT2D eigenvalue weighted by Gasteiger charge is -2.12. The Kier molecular flexibility index (Phi) is 3.33. The number of amides is 1. The van der Waals surface area contributed by atoms with Crippen molar-refractivity contribution in [1.82, 2.24) is 10.6 Å². The average Bonchev–Trinajstić information content (AvgIpc) is 2.45. The monoisotopic (exact) mass is 212 g/mol. The van der Waals surface area contributed by atoms with E-state index in [1.165, 1.54) is 0 Å². The second-order valence-electron chi connectivity index (χ2n) is 3.02. The average molecular weight is 212 g/mol. The predicted octanol–water partition coefficient (Wildman–Crippen LogP) is -0.000700. The van der Waals surface area contributed by atoms with Crippen LogP contribution in [0.1, 0.15) is 6.92 Å². The normalized spacial score (nSPS) is 27.7. The van der Waals surface area contributed by atoms with Gasteiger partial charge in [0, 0.05) is 13.1 Å². The van der Waals surface area contributed by atoms with Crippen molar-refractivity contribution in [3.05, 3.63) is 0 Å². The van der Waals surface area contributed by atoms with Gasteiger partial charge in [-0.05, 0) is 6.92 Å². The highest BCUT2D eigenvalue weighted by Crippen LogP contribution is 2.14. The highest BCUT2D eigenvalue weighted by Gasteiger charge is 2.38. The van der Waals surface area contributed by atoms with E-state index in [2.05, 4.69) is 5.32 Å². The molecular formula is C7H11F3N2O2. The molecule has 1 saturated heterocycles. The maximum absolute atomic E-state index is 11.7. The number of hydrogen-bond donors (Lipinski definition) is 2. The van der Waals surface area contributed by atoms with E-state index < -0.39 is 18.2 Å². The highest BCUT2D eigenvalue weighted by atomic mass is 19.4. The lowest BCUT2D eigenvalue weighted by Crippen LogP contribution is -2.41. The molecule has 0 aromatic heterocycles. The van der Waals surface area contributed by atoms with Crippen LogP contribution in [-0.2, 0) is 9.53 Å². The Balaban J connectivity index is 2.24. The molecule has 82 valence electrons. The van der Waals surface area contributed by atoms with Gasteiger partial charge in [-0.25, -0.2) is 0 Å². The molecule has 2 N–H and O–H groups in total. The fourth-order valence-electron chi connectivity index (χ4n) is 1.11. The topological polar surface area (TPSA) is 50.4 Å². The molecule has 0 aliphatic carbocycles. The maximum Gasteiger partial charge on any atom is 0.471 e. The molecule has 1 fully saturated rings. The number of ether oxygens (including phenoxy) is 1. The second kappa shape index (κ2) is 4.14. The largest absolute Gasteiger partial charge is 0.471 e. The van der Waals surface area contributed by atoms with Gasteiger partial charge in [0.15, 0.2) is 0 Å². The smallest absolute Gasteiger partial charge is 0.357 e. The van der Waals surface area contributed by atoms with E-state index >= 15 is 0 Å². The van der Waals surface area contributed by atoms with Crippen LogP contribution in [0.4, 0.5) is 13.2 Å². The second-order valence-corrected chi connectivity index (χ2v) is 3.02. The van der Waals surface area contributed by atoms with Gasteiger partial charge >= 0.3 is 12.1 Å². The van der Waals surface area contributed by atoms with E-state index in [-0.39, 0.29) is 12.8 Å². The quantitative estimate of drug-likeness (QED) is 0.677. The van der Waals surface area contributed by atoms with Crippen molar-refractivity contribution in [2.24, 2.45) is 0 Å². The Morgan fingerprint density at radius 1 is 1.64 bits per heavy atom. The van der Waals surface area contributed by atoms with Gasteiger partial charge in [-0.1, -0.05) is 0 Å². The van der Waals surface area contributed by atoms with Gasteiger partial charge < -0.3 is 10.1 Å². The molecule has 1 aliphatic rings. The van der Waals surface area contributed by atoms with Crippen molar-refractivity contribution in [2.45, 2.75) is 25.4 Å². The van der Waals surface area contributed by atoms with Crippen molar-refractivity contribution in [1.29, 1.82) is 0 Å². The number of hydrogen-bond acceptors (Lipinski definition) is 3. The molecular weight excluding hydrogens is 201 g/mol. The van der Waals surface area contributed by atoms with Crippen molar-refractivity contribution in [3.63, 3.8) is 0 Å². The van der Waals surface area contributed by atoms with Crippen LogP contribution in [0.5, 0.6) is 0 Å². The van der Waals surface area contributed by atoms with Gasteiger partial charge in [0.25, 0.3) is 0 Å². The Labute approximate surface area is 78.8 Å². The molecule has 1 rings (SSSR count). The van der Waals surface area contributed by atoms with E-state index in [4.69, 9.17) is 4.74 Å². The number of nitrogens with one attached hydrogen (secondary N) is 2. The molecule has 1 aliphatic heterocycles. The minimum atomic E-state index is -4.82. The van der Waals surface area contributed by atoms with E-state index in [0.29, 0.717) is 6.54 Å². The summed E-state index contributed by atoms with van der Waals surface area (Å²) in [7, 11) is 0. The van der Waals surface area contributed by atoms with Crippen LogP contribution in [0.2, 0.25) is 0 Å². The Morgan fingerprint density at radius 2 is 2.29 bits per heavy atom. The van der Waals surface area contributed by atoms with Gasteiger partial charge in [0.05, 0.1) is 6.10 Å². The Hall–Kier alpha value is -0.820. The summed E-state index contributed by atoms with van der Waals surface area (Å²) in [6, 6.07) is 0. The number of carbonyl (C=O) groups excluding carboxylic acids is 1. The molecule has 2 atom stereocenters. The number of carbonyl (C=O) groups is 1. The highest BCUT2D eigenvalue weighted by molar-refractivity contribution is 5.81. The van der Waals surface area contributed by atoms with Crippen LogP contribution >= 0.6 is 0 Å². The summed E-state index contributed by atoms with van der Waals surface area (Å²) in [6.45, 7) is 2.06. The summed E-state index contributed by atoms with van der Waals surface area (Å²) >= 11 is 0. The molecule has 14 heavy (non-hydrogen) atoms. The molecule has 0 spiro atoms. The minimum Gasteiger partial charge on any atom is -0.357 e. The lowest BCUT2D eigenvalue weighted by molar-refractivity contribution is -0.174. The summed E-state index contributed by atoms with van der Waals surface area (Å²) in [4.78, 5) is 10.4. The zero-order chi connectivity index (χ0) is 10.8. The maximum atomic E-state index is 11.7. The van der Waals surface area contributed by atoms with Crippen LogP contribution in [0, 0.1) is 0 Å².